The Balaban J connectivity index is 1.91. The van der Waals surface area contributed by atoms with E-state index >= 15 is 0 Å². The first-order valence-corrected chi connectivity index (χ1v) is 9.30. The number of hydrogen-bond acceptors (Lipinski definition) is 4. The Morgan fingerprint density at radius 1 is 1.36 bits per heavy atom. The molecule has 0 bridgehead atoms. The van der Waals surface area contributed by atoms with Gasteiger partial charge < -0.3 is 9.72 Å². The molecule has 2 aromatic heterocycles. The first kappa shape index (κ1) is 14.6. The first-order valence-electron chi connectivity index (χ1n) is 8.07. The largest absolute Gasteiger partial charge is 0.376 e. The molecule has 1 aliphatic heterocycles. The van der Waals surface area contributed by atoms with Gasteiger partial charge in [-0.05, 0) is 63.2 Å². The molecular weight excluding hydrogens is 316 g/mol. The van der Waals surface area contributed by atoms with Crippen molar-refractivity contribution in [2.24, 2.45) is 0 Å². The Kier molecular flexibility index (Phi) is 3.71. The van der Waals surface area contributed by atoms with Gasteiger partial charge in [0.1, 0.15) is 4.83 Å². The highest BCUT2D eigenvalue weighted by molar-refractivity contribution is 7.71. The van der Waals surface area contributed by atoms with Crippen molar-refractivity contribution in [1.29, 1.82) is 0 Å². The van der Waals surface area contributed by atoms with Crippen molar-refractivity contribution in [3.05, 3.63) is 25.6 Å². The smallest absolute Gasteiger partial charge is 0.263 e. The van der Waals surface area contributed by atoms with Gasteiger partial charge in [-0.1, -0.05) is 0 Å². The van der Waals surface area contributed by atoms with Gasteiger partial charge >= 0.3 is 0 Å². The van der Waals surface area contributed by atoms with Crippen LogP contribution in [0.3, 0.4) is 0 Å². The van der Waals surface area contributed by atoms with Gasteiger partial charge in [0.2, 0.25) is 0 Å². The highest BCUT2D eigenvalue weighted by Gasteiger charge is 2.27. The highest BCUT2D eigenvalue weighted by Crippen LogP contribution is 2.34. The zero-order valence-electron chi connectivity index (χ0n) is 12.7. The van der Waals surface area contributed by atoms with Crippen LogP contribution in [0.2, 0.25) is 0 Å². The van der Waals surface area contributed by atoms with E-state index in [1.807, 2.05) is 6.92 Å². The second-order valence-corrected chi connectivity index (χ2v) is 7.80. The molecule has 0 radical (unpaired) electrons. The van der Waals surface area contributed by atoms with Crippen molar-refractivity contribution in [3.8, 4) is 0 Å². The topological polar surface area (TPSA) is 47.0 Å². The van der Waals surface area contributed by atoms with E-state index in [0.717, 1.165) is 42.5 Å². The number of H-pyrrole nitrogens is 1. The molecule has 0 amide bonds. The number of aryl methyl sites for hydroxylation is 2. The van der Waals surface area contributed by atoms with E-state index in [-0.39, 0.29) is 17.7 Å². The fourth-order valence-electron chi connectivity index (χ4n) is 3.77. The summed E-state index contributed by atoms with van der Waals surface area (Å²) in [5.41, 5.74) is 1.33. The van der Waals surface area contributed by atoms with E-state index in [1.54, 1.807) is 15.9 Å². The molecule has 0 saturated carbocycles. The average Bonchev–Trinajstić information content (AvgIpc) is 3.14. The fourth-order valence-corrected chi connectivity index (χ4v) is 5.47. The summed E-state index contributed by atoms with van der Waals surface area (Å²) in [7, 11) is 0. The molecule has 4 nitrogen and oxygen atoms in total. The minimum atomic E-state index is -0.0118. The van der Waals surface area contributed by atoms with E-state index in [2.05, 4.69) is 4.98 Å². The lowest BCUT2D eigenvalue weighted by Gasteiger charge is -2.21. The van der Waals surface area contributed by atoms with E-state index in [1.165, 1.54) is 23.3 Å². The third-order valence-corrected chi connectivity index (χ3v) is 6.46. The van der Waals surface area contributed by atoms with Gasteiger partial charge in [-0.25, -0.2) is 0 Å². The zero-order chi connectivity index (χ0) is 15.3. The van der Waals surface area contributed by atoms with Gasteiger partial charge in [0.15, 0.2) is 4.77 Å². The van der Waals surface area contributed by atoms with Crippen LogP contribution in [0.25, 0.3) is 10.2 Å². The second kappa shape index (κ2) is 5.58. The Hall–Kier alpha value is -0.980. The normalized spacial score (nSPS) is 22.9. The number of aromatic nitrogens is 2. The van der Waals surface area contributed by atoms with Gasteiger partial charge in [-0.3, -0.25) is 9.36 Å². The molecule has 1 N–H and O–H groups in total. The van der Waals surface area contributed by atoms with Gasteiger partial charge in [0, 0.05) is 11.5 Å². The second-order valence-electron chi connectivity index (χ2n) is 6.31. The number of nitrogens with zero attached hydrogens (tertiary/aromatic N) is 1. The average molecular weight is 336 g/mol. The Labute approximate surface area is 138 Å². The Morgan fingerprint density at radius 2 is 2.18 bits per heavy atom. The molecule has 0 aromatic carbocycles. The van der Waals surface area contributed by atoms with Gasteiger partial charge in [0.05, 0.1) is 17.5 Å². The SMILES string of the molecule is C[C@H]([C@H]1CCCO1)n1c(=S)[nH]c2sc3c(c2c1=O)CCCC3. The highest BCUT2D eigenvalue weighted by atomic mass is 32.1. The molecule has 6 heteroatoms. The van der Waals surface area contributed by atoms with E-state index < -0.39 is 0 Å². The van der Waals surface area contributed by atoms with Crippen LogP contribution in [0.5, 0.6) is 0 Å². The van der Waals surface area contributed by atoms with Crippen LogP contribution in [-0.4, -0.2) is 22.3 Å². The van der Waals surface area contributed by atoms with Gasteiger partial charge in [-0.2, -0.15) is 0 Å². The first-order chi connectivity index (χ1) is 10.7. The van der Waals surface area contributed by atoms with Crippen LogP contribution in [-0.2, 0) is 17.6 Å². The predicted octanol–water partition coefficient (Wildman–Crippen LogP) is 3.74. The minimum absolute atomic E-state index is 0.0118. The summed E-state index contributed by atoms with van der Waals surface area (Å²) in [6, 6.07) is -0.0118. The molecule has 2 aliphatic rings. The van der Waals surface area contributed by atoms with Crippen LogP contribution >= 0.6 is 23.6 Å². The molecule has 0 unspecified atom stereocenters. The number of fused-ring (bicyclic) bond motifs is 3. The minimum Gasteiger partial charge on any atom is -0.376 e. The van der Waals surface area contributed by atoms with Crippen molar-refractivity contribution < 1.29 is 4.74 Å². The summed E-state index contributed by atoms with van der Waals surface area (Å²) in [4.78, 5) is 18.7. The van der Waals surface area contributed by atoms with Crippen molar-refractivity contribution >= 4 is 33.8 Å². The lowest BCUT2D eigenvalue weighted by Crippen LogP contribution is -2.32. The van der Waals surface area contributed by atoms with Gasteiger partial charge in [0.25, 0.3) is 5.56 Å². The zero-order valence-corrected chi connectivity index (χ0v) is 14.3. The predicted molar refractivity (Wildman–Crippen MR) is 91.6 cm³/mol. The van der Waals surface area contributed by atoms with Crippen LogP contribution in [0.1, 0.15) is 49.1 Å². The molecule has 22 heavy (non-hydrogen) atoms. The molecule has 3 heterocycles. The van der Waals surface area contributed by atoms with E-state index in [0.29, 0.717) is 4.77 Å². The van der Waals surface area contributed by atoms with Crippen LogP contribution in [0, 0.1) is 4.77 Å². The van der Waals surface area contributed by atoms with E-state index in [4.69, 9.17) is 17.0 Å². The number of thiophene rings is 1. The maximum Gasteiger partial charge on any atom is 0.263 e. The van der Waals surface area contributed by atoms with Crippen LogP contribution < -0.4 is 5.56 Å². The van der Waals surface area contributed by atoms with E-state index in [9.17, 15) is 4.79 Å². The van der Waals surface area contributed by atoms with Crippen molar-refractivity contribution in [3.63, 3.8) is 0 Å². The molecule has 2 atom stereocenters. The Morgan fingerprint density at radius 3 is 2.95 bits per heavy atom. The van der Waals surface area contributed by atoms with Crippen LogP contribution in [0.15, 0.2) is 4.79 Å². The number of ether oxygens (including phenoxy) is 1. The maximum absolute atomic E-state index is 13.1. The summed E-state index contributed by atoms with van der Waals surface area (Å²) < 4.78 is 8.04. The Bertz CT molecular complexity index is 827. The quantitative estimate of drug-likeness (QED) is 0.850. The van der Waals surface area contributed by atoms with Crippen molar-refractivity contribution in [2.45, 2.75) is 57.6 Å². The lowest BCUT2D eigenvalue weighted by atomic mass is 9.97. The number of rotatable bonds is 2. The molecule has 4 rings (SSSR count). The molecule has 2 aromatic rings. The lowest BCUT2D eigenvalue weighted by molar-refractivity contribution is 0.0715. The monoisotopic (exact) mass is 336 g/mol. The molecule has 1 saturated heterocycles. The van der Waals surface area contributed by atoms with Crippen LogP contribution in [0.4, 0.5) is 0 Å². The molecule has 1 fully saturated rings. The third kappa shape index (κ3) is 2.20. The number of hydrogen-bond donors (Lipinski definition) is 1. The van der Waals surface area contributed by atoms with Crippen molar-refractivity contribution in [1.82, 2.24) is 9.55 Å². The molecule has 0 spiro atoms. The number of nitrogens with one attached hydrogen (secondary N) is 1. The summed E-state index contributed by atoms with van der Waals surface area (Å²) >= 11 is 7.19. The summed E-state index contributed by atoms with van der Waals surface area (Å²) in [5.74, 6) is 0. The van der Waals surface area contributed by atoms with Gasteiger partial charge in [-0.15, -0.1) is 11.3 Å². The number of aromatic amines is 1. The summed E-state index contributed by atoms with van der Waals surface area (Å²) in [6.45, 7) is 2.84. The maximum atomic E-state index is 13.1. The standard InChI is InChI=1S/C16H20N2O2S2/c1-9(11-6-4-8-20-11)18-15(19)13-10-5-2-3-7-12(10)22-14(13)17-16(18)21/h9,11H,2-8H2,1H3,(H,17,21)/t9-,11-/m1/s1. The molecular formula is C16H20N2O2S2. The molecule has 1 aliphatic carbocycles. The summed E-state index contributed by atoms with van der Waals surface area (Å²) in [6.07, 6.45) is 6.67. The molecule has 118 valence electrons. The fraction of sp³-hybridized carbons (Fsp3) is 0.625. The third-order valence-electron chi connectivity index (χ3n) is 4.95. The summed E-state index contributed by atoms with van der Waals surface area (Å²) in [5, 5.41) is 0.873. The van der Waals surface area contributed by atoms with Crippen molar-refractivity contribution in [2.75, 3.05) is 6.61 Å².